The van der Waals surface area contributed by atoms with Crippen molar-refractivity contribution in [3.8, 4) is 0 Å². The van der Waals surface area contributed by atoms with Crippen LogP contribution in [0.25, 0.3) is 0 Å². The fourth-order valence-corrected chi connectivity index (χ4v) is 7.41. The number of carbonyl (C=O) groups excluding carboxylic acids is 3. The first-order valence-electron chi connectivity index (χ1n) is 29.6. The van der Waals surface area contributed by atoms with Crippen molar-refractivity contribution in [1.82, 2.24) is 0 Å². The molecule has 0 saturated carbocycles. The second-order valence-electron chi connectivity index (χ2n) is 18.8. The van der Waals surface area contributed by atoms with Crippen LogP contribution < -0.4 is 0 Å². The van der Waals surface area contributed by atoms with Gasteiger partial charge in [0.1, 0.15) is 13.2 Å². The maximum absolute atomic E-state index is 12.8. The molecule has 0 aromatic heterocycles. The van der Waals surface area contributed by atoms with Crippen molar-refractivity contribution in [1.29, 1.82) is 0 Å². The molecule has 0 amide bonds. The molecule has 0 spiro atoms. The van der Waals surface area contributed by atoms with Crippen LogP contribution in [0, 0.1) is 0 Å². The van der Waals surface area contributed by atoms with Gasteiger partial charge in [-0.15, -0.1) is 0 Å². The zero-order chi connectivity index (χ0) is 54.3. The molecule has 0 aromatic carbocycles. The van der Waals surface area contributed by atoms with Crippen molar-refractivity contribution in [2.24, 2.45) is 0 Å². The number of hydrogen-bond acceptors (Lipinski definition) is 6. The molecule has 0 heterocycles. The van der Waals surface area contributed by atoms with E-state index in [0.717, 1.165) is 109 Å². The lowest BCUT2D eigenvalue weighted by molar-refractivity contribution is -0.166. The lowest BCUT2D eigenvalue weighted by atomic mass is 10.0. The summed E-state index contributed by atoms with van der Waals surface area (Å²) >= 11 is 0. The standard InChI is InChI=1S/C69H106O6/c1-4-7-10-13-16-19-22-25-27-29-31-32-33-34-35-36-38-39-41-44-47-50-53-56-59-62-68(71)74-65-66(64-73-67(70)61-58-55-52-49-46-43-24-21-18-15-12-9-6-3)75-69(72)63-60-57-54-51-48-45-42-40-37-30-28-26-23-20-17-14-11-8-5-2/h7-12,16-21,25-28,31-32,37,40,43,45-46,48,52,54-55,57,66H,4-6,13-15,22-24,29-30,33-36,38-39,41-42,44,47,49-51,53,56,58-65H2,1-3H3/b10-7-,11-8-,12-9-,19-16-,20-17-,21-18-,27-25-,28-26-,32-31-,40-37-,46-43-,48-45-,55-52-,57-54-. The van der Waals surface area contributed by atoms with Crippen molar-refractivity contribution in [2.75, 3.05) is 13.2 Å². The van der Waals surface area contributed by atoms with Gasteiger partial charge in [0.2, 0.25) is 0 Å². The van der Waals surface area contributed by atoms with Crippen LogP contribution in [0.5, 0.6) is 0 Å². The molecule has 75 heavy (non-hydrogen) atoms. The van der Waals surface area contributed by atoms with Crippen molar-refractivity contribution in [3.05, 3.63) is 170 Å². The zero-order valence-corrected chi connectivity index (χ0v) is 47.7. The third-order valence-corrected chi connectivity index (χ3v) is 11.7. The third-order valence-electron chi connectivity index (χ3n) is 11.7. The van der Waals surface area contributed by atoms with E-state index in [9.17, 15) is 14.4 Å². The summed E-state index contributed by atoms with van der Waals surface area (Å²) in [6.45, 7) is 6.15. The Kier molecular flexibility index (Phi) is 57.0. The number of unbranched alkanes of at least 4 members (excludes halogenated alkanes) is 12. The average molecular weight is 1030 g/mol. The van der Waals surface area contributed by atoms with E-state index in [4.69, 9.17) is 14.2 Å². The monoisotopic (exact) mass is 1030 g/mol. The van der Waals surface area contributed by atoms with Crippen LogP contribution in [0.4, 0.5) is 0 Å². The molecule has 0 aliphatic rings. The fourth-order valence-electron chi connectivity index (χ4n) is 7.41. The smallest absolute Gasteiger partial charge is 0.306 e. The van der Waals surface area contributed by atoms with Gasteiger partial charge in [-0.05, 0) is 122 Å². The summed E-state index contributed by atoms with van der Waals surface area (Å²) in [5.74, 6) is -1.12. The second-order valence-corrected chi connectivity index (χ2v) is 18.8. The molecule has 0 bridgehead atoms. The van der Waals surface area contributed by atoms with Crippen LogP contribution >= 0.6 is 0 Å². The molecule has 1 atom stereocenters. The van der Waals surface area contributed by atoms with Crippen LogP contribution in [-0.4, -0.2) is 37.2 Å². The molecular weight excluding hydrogens is 925 g/mol. The molecule has 0 aliphatic heterocycles. The Labute approximate surface area is 460 Å². The van der Waals surface area contributed by atoms with Gasteiger partial charge in [0.25, 0.3) is 0 Å². The average Bonchev–Trinajstić information content (AvgIpc) is 3.41. The molecular formula is C69H106O6. The highest BCUT2D eigenvalue weighted by molar-refractivity contribution is 5.71. The number of allylic oxidation sites excluding steroid dienone is 28. The Bertz CT molecular complexity index is 1750. The molecule has 0 radical (unpaired) electrons. The quantitative estimate of drug-likeness (QED) is 0.0261. The summed E-state index contributed by atoms with van der Waals surface area (Å²) in [5.41, 5.74) is 0. The number of esters is 3. The lowest BCUT2D eigenvalue weighted by Crippen LogP contribution is -2.30. The van der Waals surface area contributed by atoms with Gasteiger partial charge in [0.05, 0.1) is 0 Å². The first-order chi connectivity index (χ1) is 37.0. The van der Waals surface area contributed by atoms with Gasteiger partial charge in [-0.3, -0.25) is 14.4 Å². The minimum absolute atomic E-state index is 0.139. The molecule has 0 aromatic rings. The van der Waals surface area contributed by atoms with Crippen LogP contribution in [-0.2, 0) is 28.6 Å². The van der Waals surface area contributed by atoms with Gasteiger partial charge < -0.3 is 14.2 Å². The predicted molar refractivity (Wildman–Crippen MR) is 325 cm³/mol. The van der Waals surface area contributed by atoms with E-state index < -0.39 is 12.1 Å². The van der Waals surface area contributed by atoms with Crippen LogP contribution in [0.2, 0.25) is 0 Å². The van der Waals surface area contributed by atoms with E-state index >= 15 is 0 Å². The topological polar surface area (TPSA) is 78.9 Å². The highest BCUT2D eigenvalue weighted by Gasteiger charge is 2.19. The Morgan fingerprint density at radius 3 is 0.827 bits per heavy atom. The minimum Gasteiger partial charge on any atom is -0.462 e. The van der Waals surface area contributed by atoms with E-state index in [1.54, 1.807) is 0 Å². The fraction of sp³-hybridized carbons (Fsp3) is 0.551. The minimum atomic E-state index is -0.857. The lowest BCUT2D eigenvalue weighted by Gasteiger charge is -2.18. The van der Waals surface area contributed by atoms with Crippen LogP contribution in [0.1, 0.15) is 226 Å². The van der Waals surface area contributed by atoms with Gasteiger partial charge in [-0.1, -0.05) is 255 Å². The number of rotatable bonds is 51. The van der Waals surface area contributed by atoms with Gasteiger partial charge in [0.15, 0.2) is 6.10 Å². The number of carbonyl (C=O) groups is 3. The molecule has 1 unspecified atom stereocenters. The predicted octanol–water partition coefficient (Wildman–Crippen LogP) is 20.3. The molecule has 6 nitrogen and oxygen atoms in total. The highest BCUT2D eigenvalue weighted by Crippen LogP contribution is 2.14. The molecule has 0 rings (SSSR count). The third kappa shape index (κ3) is 59.5. The first kappa shape index (κ1) is 69.8. The Morgan fingerprint density at radius 2 is 0.507 bits per heavy atom. The van der Waals surface area contributed by atoms with E-state index in [0.29, 0.717) is 19.3 Å². The SMILES string of the molecule is CC/C=C\C/C=C\C/C=C\C/C=C\C/C=C\C/C=C\CCC(=O)OC(COC(=O)CC/C=C\C/C=C\C/C=C\C/C=C\CC)COC(=O)CCCCCCCCCCCCCC/C=C\C/C=C\C/C=C\C/C=C\CC. The van der Waals surface area contributed by atoms with Gasteiger partial charge >= 0.3 is 17.9 Å². The Hall–Kier alpha value is -5.23. The van der Waals surface area contributed by atoms with E-state index in [2.05, 4.69) is 167 Å². The molecule has 418 valence electrons. The summed E-state index contributed by atoms with van der Waals surface area (Å²) in [6.07, 6.45) is 91.0. The summed E-state index contributed by atoms with van der Waals surface area (Å²) in [7, 11) is 0. The summed E-state index contributed by atoms with van der Waals surface area (Å²) < 4.78 is 16.7. The van der Waals surface area contributed by atoms with Gasteiger partial charge in [-0.2, -0.15) is 0 Å². The largest absolute Gasteiger partial charge is 0.462 e. The second kappa shape index (κ2) is 61.3. The van der Waals surface area contributed by atoms with Gasteiger partial charge in [0, 0.05) is 19.3 Å². The maximum atomic E-state index is 12.8. The van der Waals surface area contributed by atoms with E-state index in [1.165, 1.54) is 64.2 Å². The van der Waals surface area contributed by atoms with Crippen molar-refractivity contribution in [3.63, 3.8) is 0 Å². The van der Waals surface area contributed by atoms with Gasteiger partial charge in [-0.25, -0.2) is 0 Å². The zero-order valence-electron chi connectivity index (χ0n) is 47.7. The summed E-state index contributed by atoms with van der Waals surface area (Å²) in [5, 5.41) is 0. The molecule has 0 saturated heterocycles. The molecule has 0 aliphatic carbocycles. The van der Waals surface area contributed by atoms with Crippen LogP contribution in [0.3, 0.4) is 0 Å². The maximum Gasteiger partial charge on any atom is 0.306 e. The summed E-state index contributed by atoms with van der Waals surface area (Å²) in [4.78, 5) is 38.1. The van der Waals surface area contributed by atoms with Crippen molar-refractivity contribution in [2.45, 2.75) is 232 Å². The van der Waals surface area contributed by atoms with Crippen LogP contribution in [0.15, 0.2) is 170 Å². The van der Waals surface area contributed by atoms with E-state index in [1.807, 2.05) is 24.3 Å². The number of ether oxygens (including phenoxy) is 3. The Morgan fingerprint density at radius 1 is 0.267 bits per heavy atom. The number of hydrogen-bond donors (Lipinski definition) is 0. The molecule has 0 fully saturated rings. The van der Waals surface area contributed by atoms with Crippen molar-refractivity contribution >= 4 is 17.9 Å². The Balaban J connectivity index is 4.50. The molecule has 6 heteroatoms. The summed E-state index contributed by atoms with van der Waals surface area (Å²) in [6, 6.07) is 0. The first-order valence-corrected chi connectivity index (χ1v) is 29.6. The normalized spacial score (nSPS) is 13.4. The highest BCUT2D eigenvalue weighted by atomic mass is 16.6. The molecule has 0 N–H and O–H groups in total. The van der Waals surface area contributed by atoms with E-state index in [-0.39, 0.29) is 38.0 Å². The van der Waals surface area contributed by atoms with Crippen molar-refractivity contribution < 1.29 is 28.6 Å².